The van der Waals surface area contributed by atoms with E-state index >= 15 is 0 Å². The normalized spacial score (nSPS) is 12.8. The Morgan fingerprint density at radius 2 is 1.94 bits per heavy atom. The van der Waals surface area contributed by atoms with Crippen molar-refractivity contribution in [1.29, 1.82) is 0 Å². The highest BCUT2D eigenvalue weighted by atomic mass is 79.9. The molecule has 0 saturated heterocycles. The van der Waals surface area contributed by atoms with Crippen LogP contribution in [-0.4, -0.2) is 0 Å². The zero-order chi connectivity index (χ0) is 12.6. The number of hydrogen-bond donors (Lipinski definition) is 0. The van der Waals surface area contributed by atoms with E-state index in [0.717, 1.165) is 3.79 Å². The zero-order valence-corrected chi connectivity index (χ0v) is 12.0. The summed E-state index contributed by atoms with van der Waals surface area (Å²) in [4.78, 5) is 0.710. The molecule has 5 heteroatoms. The Labute approximate surface area is 115 Å². The molecular formula is C12H8BrClF2S. The van der Waals surface area contributed by atoms with Gasteiger partial charge in [0.2, 0.25) is 0 Å². The molecule has 0 aliphatic carbocycles. The number of halogens is 4. The Balaban J connectivity index is 2.50. The molecule has 0 radical (unpaired) electrons. The number of alkyl halides is 1. The molecule has 1 aromatic carbocycles. The van der Waals surface area contributed by atoms with E-state index in [-0.39, 0.29) is 5.56 Å². The third-order valence-corrected chi connectivity index (χ3v) is 4.69. The van der Waals surface area contributed by atoms with E-state index in [0.29, 0.717) is 10.4 Å². The van der Waals surface area contributed by atoms with Crippen molar-refractivity contribution in [3.63, 3.8) is 0 Å². The molecule has 0 aliphatic rings. The molecule has 0 fully saturated rings. The third kappa shape index (κ3) is 2.54. The molecule has 0 bridgehead atoms. The fourth-order valence-corrected chi connectivity index (χ4v) is 3.34. The lowest BCUT2D eigenvalue weighted by Crippen LogP contribution is -2.01. The second-order valence-electron chi connectivity index (χ2n) is 3.60. The average Bonchev–Trinajstić information content (AvgIpc) is 2.71. The van der Waals surface area contributed by atoms with E-state index in [1.54, 1.807) is 19.1 Å². The Morgan fingerprint density at radius 1 is 1.24 bits per heavy atom. The molecule has 1 heterocycles. The van der Waals surface area contributed by atoms with Crippen molar-refractivity contribution in [2.24, 2.45) is 0 Å². The van der Waals surface area contributed by atoms with Crippen LogP contribution in [0.3, 0.4) is 0 Å². The van der Waals surface area contributed by atoms with E-state index in [1.807, 2.05) is 0 Å². The summed E-state index contributed by atoms with van der Waals surface area (Å²) in [6.45, 7) is 1.59. The van der Waals surface area contributed by atoms with Crippen molar-refractivity contribution in [2.75, 3.05) is 0 Å². The predicted molar refractivity (Wildman–Crippen MR) is 70.8 cm³/mol. The van der Waals surface area contributed by atoms with E-state index in [9.17, 15) is 8.78 Å². The van der Waals surface area contributed by atoms with Gasteiger partial charge in [0.1, 0.15) is 11.6 Å². The third-order valence-electron chi connectivity index (χ3n) is 2.42. The van der Waals surface area contributed by atoms with Crippen LogP contribution < -0.4 is 0 Å². The summed E-state index contributed by atoms with van der Waals surface area (Å²) in [5.74, 6) is -1.19. The van der Waals surface area contributed by atoms with E-state index < -0.39 is 17.0 Å². The molecule has 0 nitrogen and oxygen atoms in total. The summed E-state index contributed by atoms with van der Waals surface area (Å²) in [5.41, 5.74) is 0.309. The molecule has 0 saturated carbocycles. The van der Waals surface area contributed by atoms with Gasteiger partial charge in [0.05, 0.1) is 9.16 Å². The first kappa shape index (κ1) is 13.0. The number of rotatable bonds is 2. The van der Waals surface area contributed by atoms with Crippen molar-refractivity contribution in [2.45, 2.75) is 12.3 Å². The van der Waals surface area contributed by atoms with Crippen LogP contribution in [-0.2, 0) is 0 Å². The van der Waals surface area contributed by atoms with Gasteiger partial charge in [0, 0.05) is 10.4 Å². The van der Waals surface area contributed by atoms with Gasteiger partial charge in [-0.3, -0.25) is 0 Å². The number of hydrogen-bond acceptors (Lipinski definition) is 1. The van der Waals surface area contributed by atoms with Gasteiger partial charge in [-0.25, -0.2) is 8.78 Å². The molecule has 0 aliphatic heterocycles. The average molecular weight is 338 g/mol. The largest absolute Gasteiger partial charge is 0.207 e. The minimum atomic E-state index is -0.800. The van der Waals surface area contributed by atoms with Gasteiger partial charge in [-0.05, 0) is 46.6 Å². The summed E-state index contributed by atoms with van der Waals surface area (Å²) in [7, 11) is 0. The molecule has 2 aromatic rings. The monoisotopic (exact) mass is 336 g/mol. The lowest BCUT2D eigenvalue weighted by atomic mass is 10.1. The number of thiophene rings is 1. The standard InChI is InChI=1S/C12H8BrClF2S/c1-6-2-3-7(15)10(12(6)16)11(14)8-4-5-9(13)17-8/h2-5,11H,1H3. The first-order chi connectivity index (χ1) is 8.00. The summed E-state index contributed by atoms with van der Waals surface area (Å²) in [6, 6.07) is 6.21. The fraction of sp³-hybridized carbons (Fsp3) is 0.167. The van der Waals surface area contributed by atoms with E-state index in [4.69, 9.17) is 11.6 Å². The van der Waals surface area contributed by atoms with Crippen LogP contribution in [0.5, 0.6) is 0 Å². The van der Waals surface area contributed by atoms with Crippen molar-refractivity contribution in [3.05, 3.63) is 55.7 Å². The second kappa shape index (κ2) is 5.04. The number of aryl methyl sites for hydroxylation is 1. The van der Waals surface area contributed by atoms with Gasteiger partial charge in [-0.15, -0.1) is 22.9 Å². The number of benzene rings is 1. The van der Waals surface area contributed by atoms with Crippen molar-refractivity contribution < 1.29 is 8.78 Å². The molecule has 1 aromatic heterocycles. The van der Waals surface area contributed by atoms with Crippen LogP contribution in [0.2, 0.25) is 0 Å². The van der Waals surface area contributed by atoms with Crippen molar-refractivity contribution in [1.82, 2.24) is 0 Å². The van der Waals surface area contributed by atoms with Gasteiger partial charge in [-0.1, -0.05) is 6.07 Å². The van der Waals surface area contributed by atoms with Gasteiger partial charge in [0.15, 0.2) is 0 Å². The summed E-state index contributed by atoms with van der Waals surface area (Å²) >= 11 is 10.8. The van der Waals surface area contributed by atoms with Crippen LogP contribution in [0, 0.1) is 18.6 Å². The predicted octanol–water partition coefficient (Wildman–Crippen LogP) is 5.43. The SMILES string of the molecule is Cc1ccc(F)c(C(Cl)c2ccc(Br)s2)c1F. The molecule has 0 spiro atoms. The van der Waals surface area contributed by atoms with Crippen LogP contribution in [0.25, 0.3) is 0 Å². The Kier molecular flexibility index (Phi) is 3.85. The first-order valence-corrected chi connectivity index (χ1v) is 6.89. The zero-order valence-electron chi connectivity index (χ0n) is 8.81. The van der Waals surface area contributed by atoms with Crippen LogP contribution in [0.15, 0.2) is 28.1 Å². The lowest BCUT2D eigenvalue weighted by Gasteiger charge is -2.11. The van der Waals surface area contributed by atoms with E-state index in [1.165, 1.54) is 23.5 Å². The van der Waals surface area contributed by atoms with Crippen LogP contribution in [0.1, 0.15) is 21.4 Å². The van der Waals surface area contributed by atoms with Gasteiger partial charge >= 0.3 is 0 Å². The quantitative estimate of drug-likeness (QED) is 0.641. The topological polar surface area (TPSA) is 0 Å². The molecule has 1 atom stereocenters. The Morgan fingerprint density at radius 3 is 2.53 bits per heavy atom. The summed E-state index contributed by atoms with van der Waals surface area (Å²) in [5, 5.41) is -0.800. The van der Waals surface area contributed by atoms with Crippen molar-refractivity contribution >= 4 is 38.9 Å². The second-order valence-corrected chi connectivity index (χ2v) is 6.53. The Hall–Kier alpha value is -0.450. The highest BCUT2D eigenvalue weighted by Gasteiger charge is 2.22. The molecule has 1 unspecified atom stereocenters. The van der Waals surface area contributed by atoms with Crippen LogP contribution in [0.4, 0.5) is 8.78 Å². The molecule has 90 valence electrons. The van der Waals surface area contributed by atoms with Crippen LogP contribution >= 0.6 is 38.9 Å². The highest BCUT2D eigenvalue weighted by Crippen LogP contribution is 2.38. The fourth-order valence-electron chi connectivity index (χ4n) is 1.52. The first-order valence-electron chi connectivity index (χ1n) is 4.84. The lowest BCUT2D eigenvalue weighted by molar-refractivity contribution is 0.554. The Bertz CT molecular complexity index is 553. The van der Waals surface area contributed by atoms with Gasteiger partial charge < -0.3 is 0 Å². The minimum absolute atomic E-state index is 0.0824. The maximum absolute atomic E-state index is 13.9. The smallest absolute Gasteiger partial charge is 0.134 e. The maximum Gasteiger partial charge on any atom is 0.134 e. The minimum Gasteiger partial charge on any atom is -0.207 e. The van der Waals surface area contributed by atoms with Gasteiger partial charge in [-0.2, -0.15) is 0 Å². The van der Waals surface area contributed by atoms with E-state index in [2.05, 4.69) is 15.9 Å². The molecule has 0 amide bonds. The highest BCUT2D eigenvalue weighted by molar-refractivity contribution is 9.11. The maximum atomic E-state index is 13.9. The van der Waals surface area contributed by atoms with Gasteiger partial charge in [0.25, 0.3) is 0 Å². The summed E-state index contributed by atoms with van der Waals surface area (Å²) < 4.78 is 28.4. The molecule has 17 heavy (non-hydrogen) atoms. The molecular weight excluding hydrogens is 330 g/mol. The summed E-state index contributed by atoms with van der Waals surface area (Å²) in [6.07, 6.45) is 0. The molecule has 0 N–H and O–H groups in total. The van der Waals surface area contributed by atoms with Crippen molar-refractivity contribution in [3.8, 4) is 0 Å². The molecule has 2 rings (SSSR count).